The van der Waals surface area contributed by atoms with E-state index in [1.807, 2.05) is 0 Å². The number of primary amides is 1. The number of carbonyl (C=O) groups excluding carboxylic acids is 1. The molecule has 4 N–H and O–H groups in total. The summed E-state index contributed by atoms with van der Waals surface area (Å²) < 4.78 is 44.6. The molecule has 8 heteroatoms. The molecule has 4 rings (SSSR count). The average Bonchev–Trinajstić information content (AvgIpc) is 3.02. The van der Waals surface area contributed by atoms with E-state index in [2.05, 4.69) is 0 Å². The van der Waals surface area contributed by atoms with Gasteiger partial charge >= 0.3 is 12.1 Å². The average molecular weight is 430 g/mol. The number of nitrogens with zero attached hydrogens (tertiary/aromatic N) is 1. The van der Waals surface area contributed by atoms with Gasteiger partial charge in [0, 0.05) is 42.0 Å². The van der Waals surface area contributed by atoms with Gasteiger partial charge in [0.1, 0.15) is 5.69 Å². The lowest BCUT2D eigenvalue weighted by Gasteiger charge is -2.31. The van der Waals surface area contributed by atoms with Crippen LogP contribution in [0.1, 0.15) is 36.0 Å². The Balaban J connectivity index is 1.83. The number of para-hydroxylation sites is 1. The molecule has 1 saturated carbocycles. The Morgan fingerprint density at radius 2 is 1.94 bits per heavy atom. The van der Waals surface area contributed by atoms with Crippen molar-refractivity contribution in [2.24, 2.45) is 13.0 Å². The summed E-state index contributed by atoms with van der Waals surface area (Å²) in [5.74, 6) is -0.136. The Kier molecular flexibility index (Phi) is 5.23. The van der Waals surface area contributed by atoms with Crippen LogP contribution in [0, 0.1) is 11.3 Å². The van der Waals surface area contributed by atoms with Gasteiger partial charge in [-0.1, -0.05) is 24.6 Å². The van der Waals surface area contributed by atoms with E-state index in [4.69, 9.17) is 5.41 Å². The smallest absolute Gasteiger partial charge is 0.372 e. The van der Waals surface area contributed by atoms with Crippen molar-refractivity contribution < 1.29 is 28.4 Å². The maximum atomic E-state index is 14.3. The van der Waals surface area contributed by atoms with Gasteiger partial charge in [0.15, 0.2) is 0 Å². The predicted octanol–water partition coefficient (Wildman–Crippen LogP) is 3.50. The van der Waals surface area contributed by atoms with Gasteiger partial charge in [0.05, 0.1) is 11.5 Å². The molecule has 0 spiro atoms. The highest BCUT2D eigenvalue weighted by atomic mass is 19.4. The highest BCUT2D eigenvalue weighted by Gasteiger charge is 2.57. The zero-order chi connectivity index (χ0) is 22.4. The van der Waals surface area contributed by atoms with E-state index in [1.165, 1.54) is 23.6 Å². The summed E-state index contributed by atoms with van der Waals surface area (Å²) in [4.78, 5) is 12.3. The first-order chi connectivity index (χ1) is 14.7. The second-order valence-corrected chi connectivity index (χ2v) is 8.04. The van der Waals surface area contributed by atoms with Gasteiger partial charge in [-0.25, -0.2) is 4.79 Å². The van der Waals surface area contributed by atoms with Crippen LogP contribution < -0.4 is 5.32 Å². The first kappa shape index (κ1) is 21.3. The minimum Gasteiger partial charge on any atom is -0.372 e. The van der Waals surface area contributed by atoms with E-state index < -0.39 is 17.3 Å². The van der Waals surface area contributed by atoms with Crippen molar-refractivity contribution in [3.63, 3.8) is 0 Å². The van der Waals surface area contributed by atoms with E-state index >= 15 is 0 Å². The molecular weight excluding hydrogens is 407 g/mol. The number of halogens is 3. The van der Waals surface area contributed by atoms with E-state index in [0.29, 0.717) is 11.2 Å². The molecule has 1 aliphatic carbocycles. The minimum absolute atomic E-state index is 0.0546. The van der Waals surface area contributed by atoms with Crippen LogP contribution in [0.3, 0.4) is 0 Å². The third-order valence-electron chi connectivity index (χ3n) is 6.16. The number of quaternary nitrogens is 1. The molecule has 0 radical (unpaired) electrons. The molecule has 31 heavy (non-hydrogen) atoms. The number of aryl methyl sites for hydroxylation is 1. The third kappa shape index (κ3) is 3.45. The summed E-state index contributed by atoms with van der Waals surface area (Å²) in [6.07, 6.45) is -0.218. The summed E-state index contributed by atoms with van der Waals surface area (Å²) >= 11 is 0. The number of rotatable bonds is 5. The van der Waals surface area contributed by atoms with Gasteiger partial charge in [-0.15, -0.1) is 0 Å². The largest absolute Gasteiger partial charge is 0.425 e. The monoisotopic (exact) mass is 430 g/mol. The number of aromatic nitrogens is 1. The van der Waals surface area contributed by atoms with Crippen LogP contribution >= 0.6 is 0 Å². The highest BCUT2D eigenvalue weighted by Crippen LogP contribution is 2.47. The van der Waals surface area contributed by atoms with Crippen LogP contribution in [-0.2, 0) is 17.4 Å². The number of hydrogen-bond donors (Lipinski definition) is 3. The number of alkyl halides is 3. The van der Waals surface area contributed by atoms with Gasteiger partial charge in [-0.3, -0.25) is 5.32 Å². The summed E-state index contributed by atoms with van der Waals surface area (Å²) in [7, 11) is 1.62. The predicted molar refractivity (Wildman–Crippen MR) is 110 cm³/mol. The zero-order valence-corrected chi connectivity index (χ0v) is 16.9. The lowest BCUT2D eigenvalue weighted by molar-refractivity contribution is -0.489. The zero-order valence-electron chi connectivity index (χ0n) is 16.9. The fraction of sp³-hybridized carbons (Fsp3) is 0.304. The van der Waals surface area contributed by atoms with Crippen LogP contribution in [0.5, 0.6) is 0 Å². The Morgan fingerprint density at radius 1 is 1.23 bits per heavy atom. The number of nitrogens with two attached hydrogens (primary N) is 1. The van der Waals surface area contributed by atoms with Gasteiger partial charge in [0.25, 0.3) is 0 Å². The molecule has 1 aliphatic rings. The third-order valence-corrected chi connectivity index (χ3v) is 6.16. The highest BCUT2D eigenvalue weighted by molar-refractivity contribution is 5.87. The molecule has 0 bridgehead atoms. The normalized spacial score (nSPS) is 16.7. The molecule has 5 nitrogen and oxygen atoms in total. The van der Waals surface area contributed by atoms with Crippen molar-refractivity contribution in [3.8, 4) is 0 Å². The molecular formula is C23H23F3N3O2+. The van der Waals surface area contributed by atoms with E-state index in [1.54, 1.807) is 35.9 Å². The number of carbonyl (C=O) groups is 1. The van der Waals surface area contributed by atoms with Crippen molar-refractivity contribution in [2.75, 3.05) is 0 Å². The molecule has 1 unspecified atom stereocenters. The summed E-state index contributed by atoms with van der Waals surface area (Å²) in [6, 6.07) is 10.3. The SMILES string of the molecule is Cn1cc(C(O)(c2ccc([NH2+]C(=O)C3CCC3)c(C=N)c2)C(F)(F)F)c2ccccc21. The van der Waals surface area contributed by atoms with Crippen LogP contribution in [0.15, 0.2) is 48.7 Å². The van der Waals surface area contributed by atoms with Crippen LogP contribution in [0.4, 0.5) is 18.9 Å². The van der Waals surface area contributed by atoms with Gasteiger partial charge in [0.2, 0.25) is 5.60 Å². The van der Waals surface area contributed by atoms with Gasteiger partial charge < -0.3 is 15.1 Å². The van der Waals surface area contributed by atoms with Crippen molar-refractivity contribution in [3.05, 3.63) is 65.4 Å². The fourth-order valence-electron chi connectivity index (χ4n) is 4.12. The second kappa shape index (κ2) is 7.62. The van der Waals surface area contributed by atoms with Crippen LogP contribution in [0.2, 0.25) is 0 Å². The quantitative estimate of drug-likeness (QED) is 0.428. The number of benzene rings is 2. The van der Waals surface area contributed by atoms with Gasteiger partial charge in [-0.2, -0.15) is 13.2 Å². The molecule has 3 aromatic rings. The number of aliphatic hydroxyl groups is 1. The first-order valence-corrected chi connectivity index (χ1v) is 10.0. The number of hydrogen-bond acceptors (Lipinski definition) is 3. The molecule has 1 fully saturated rings. The van der Waals surface area contributed by atoms with Crippen LogP contribution in [0.25, 0.3) is 10.9 Å². The Morgan fingerprint density at radius 3 is 2.55 bits per heavy atom. The number of fused-ring (bicyclic) bond motifs is 1. The molecule has 1 amide bonds. The Hall–Kier alpha value is -2.97. The molecule has 1 aromatic heterocycles. The second-order valence-electron chi connectivity index (χ2n) is 8.04. The molecule has 1 atom stereocenters. The van der Waals surface area contributed by atoms with E-state index in [-0.39, 0.29) is 28.3 Å². The van der Waals surface area contributed by atoms with Crippen molar-refractivity contribution in [1.29, 1.82) is 5.41 Å². The van der Waals surface area contributed by atoms with Gasteiger partial charge in [-0.05, 0) is 36.6 Å². The van der Waals surface area contributed by atoms with Crippen molar-refractivity contribution in [1.82, 2.24) is 4.57 Å². The molecule has 1 heterocycles. The molecule has 162 valence electrons. The fourth-order valence-corrected chi connectivity index (χ4v) is 4.12. The number of amides is 1. The topological polar surface area (TPSA) is 82.7 Å². The summed E-state index contributed by atoms with van der Waals surface area (Å²) in [5.41, 5.74) is -2.88. The summed E-state index contributed by atoms with van der Waals surface area (Å²) in [6.45, 7) is 0. The molecule has 2 aromatic carbocycles. The summed E-state index contributed by atoms with van der Waals surface area (Å²) in [5, 5.41) is 20.5. The number of nitrogens with one attached hydrogen (secondary N) is 1. The van der Waals surface area contributed by atoms with Crippen molar-refractivity contribution in [2.45, 2.75) is 31.0 Å². The standard InChI is InChI=1S/C23H22F3N3O2/c1-29-13-18(17-7-2-3-8-20(17)29)22(31,23(24,25)26)16-9-10-19(15(11-16)12-27)28-21(30)14-5-4-6-14/h2-3,7-14,27,31H,4-6H2,1H3,(H,28,30)/p+1. The Bertz CT molecular complexity index is 1160. The maximum Gasteiger partial charge on any atom is 0.425 e. The lowest BCUT2D eigenvalue weighted by atomic mass is 9.83. The first-order valence-electron chi connectivity index (χ1n) is 10.0. The molecule has 0 saturated heterocycles. The lowest BCUT2D eigenvalue weighted by Crippen LogP contribution is -2.84. The van der Waals surface area contributed by atoms with Crippen molar-refractivity contribution >= 4 is 28.7 Å². The van der Waals surface area contributed by atoms with E-state index in [9.17, 15) is 23.1 Å². The Labute approximate surface area is 177 Å². The van der Waals surface area contributed by atoms with Crippen LogP contribution in [-0.4, -0.2) is 28.0 Å². The van der Waals surface area contributed by atoms with E-state index in [0.717, 1.165) is 31.5 Å². The minimum atomic E-state index is -5.01. The maximum absolute atomic E-state index is 14.3. The molecule has 0 aliphatic heterocycles.